The van der Waals surface area contributed by atoms with Crippen molar-refractivity contribution in [1.29, 1.82) is 0 Å². The molecule has 19 heavy (non-hydrogen) atoms. The van der Waals surface area contributed by atoms with Crippen molar-refractivity contribution in [1.82, 2.24) is 14.7 Å². The molecule has 6 nitrogen and oxygen atoms in total. The van der Waals surface area contributed by atoms with Gasteiger partial charge in [0.15, 0.2) is 0 Å². The number of carbonyl (C=O) groups excluding carboxylic acids is 1. The Kier molecular flexibility index (Phi) is 5.60. The number of rotatable bonds is 4. The summed E-state index contributed by atoms with van der Waals surface area (Å²) in [6, 6.07) is -0.238. The molecule has 1 heterocycles. The second-order valence-corrected chi connectivity index (χ2v) is 5.20. The molecule has 0 spiro atoms. The maximum atomic E-state index is 12.3. The van der Waals surface area contributed by atoms with Crippen LogP contribution in [0.4, 0.5) is 4.79 Å². The molecule has 0 aromatic carbocycles. The first-order chi connectivity index (χ1) is 8.88. The molecule has 1 aliphatic rings. The van der Waals surface area contributed by atoms with Crippen LogP contribution in [0.2, 0.25) is 0 Å². The van der Waals surface area contributed by atoms with Crippen LogP contribution in [0.3, 0.4) is 0 Å². The number of carboxylic acid groups (broad SMARTS) is 1. The normalized spacial score (nSPS) is 18.5. The topological polar surface area (TPSA) is 64.1 Å². The fourth-order valence-corrected chi connectivity index (χ4v) is 2.36. The quantitative estimate of drug-likeness (QED) is 0.826. The van der Waals surface area contributed by atoms with E-state index in [1.54, 1.807) is 6.92 Å². The van der Waals surface area contributed by atoms with Crippen molar-refractivity contribution in [2.75, 3.05) is 32.7 Å². The fraction of sp³-hybridized carbons (Fsp3) is 0.846. The molecular weight excluding hydrogens is 246 g/mol. The first kappa shape index (κ1) is 15.8. The van der Waals surface area contributed by atoms with Gasteiger partial charge in [-0.15, -0.1) is 0 Å². The van der Waals surface area contributed by atoms with Gasteiger partial charge in [-0.3, -0.25) is 9.69 Å². The lowest BCUT2D eigenvalue weighted by Gasteiger charge is -2.39. The Hall–Kier alpha value is -1.30. The van der Waals surface area contributed by atoms with Gasteiger partial charge >= 0.3 is 12.0 Å². The largest absolute Gasteiger partial charge is 0.480 e. The van der Waals surface area contributed by atoms with Gasteiger partial charge in [-0.05, 0) is 27.7 Å². The molecule has 1 atom stereocenters. The number of hydrogen-bond donors (Lipinski definition) is 1. The van der Waals surface area contributed by atoms with E-state index >= 15 is 0 Å². The summed E-state index contributed by atoms with van der Waals surface area (Å²) >= 11 is 0. The highest BCUT2D eigenvalue weighted by atomic mass is 16.4. The Bertz CT molecular complexity index is 325. The number of carboxylic acids is 1. The molecule has 1 aliphatic heterocycles. The van der Waals surface area contributed by atoms with Crippen LogP contribution in [0.25, 0.3) is 0 Å². The average Bonchev–Trinajstić information content (AvgIpc) is 2.38. The monoisotopic (exact) mass is 271 g/mol. The molecule has 0 aromatic heterocycles. The fourth-order valence-electron chi connectivity index (χ4n) is 2.36. The number of urea groups is 1. The van der Waals surface area contributed by atoms with Crippen molar-refractivity contribution < 1.29 is 14.7 Å². The second kappa shape index (κ2) is 6.75. The molecule has 1 fully saturated rings. The van der Waals surface area contributed by atoms with Crippen molar-refractivity contribution in [2.24, 2.45) is 0 Å². The molecule has 2 amide bonds. The molecule has 0 aromatic rings. The summed E-state index contributed by atoms with van der Waals surface area (Å²) in [4.78, 5) is 28.8. The highest BCUT2D eigenvalue weighted by Crippen LogP contribution is 2.10. The van der Waals surface area contributed by atoms with Crippen molar-refractivity contribution in [3.63, 3.8) is 0 Å². The van der Waals surface area contributed by atoms with E-state index in [1.807, 2.05) is 35.5 Å². The molecule has 1 N–H and O–H groups in total. The van der Waals surface area contributed by atoms with Crippen LogP contribution in [-0.2, 0) is 4.79 Å². The van der Waals surface area contributed by atoms with Crippen LogP contribution < -0.4 is 0 Å². The van der Waals surface area contributed by atoms with Crippen LogP contribution >= 0.6 is 0 Å². The molecule has 110 valence electrons. The van der Waals surface area contributed by atoms with Gasteiger partial charge in [0.05, 0.1) is 0 Å². The maximum absolute atomic E-state index is 12.3. The summed E-state index contributed by atoms with van der Waals surface area (Å²) < 4.78 is 0. The Morgan fingerprint density at radius 2 is 1.68 bits per heavy atom. The molecule has 1 rings (SSSR count). The van der Waals surface area contributed by atoms with E-state index < -0.39 is 12.0 Å². The number of nitrogens with zero attached hydrogens (tertiary/aromatic N) is 3. The molecule has 1 unspecified atom stereocenters. The lowest BCUT2D eigenvalue weighted by atomic mass is 10.2. The van der Waals surface area contributed by atoms with E-state index in [9.17, 15) is 9.59 Å². The predicted molar refractivity (Wildman–Crippen MR) is 73.2 cm³/mol. The minimum atomic E-state index is -0.808. The average molecular weight is 271 g/mol. The third-order valence-electron chi connectivity index (χ3n) is 3.70. The number of carbonyl (C=O) groups is 2. The number of piperazine rings is 1. The first-order valence-corrected chi connectivity index (χ1v) is 6.90. The van der Waals surface area contributed by atoms with Crippen LogP contribution in [0.15, 0.2) is 0 Å². The van der Waals surface area contributed by atoms with Gasteiger partial charge < -0.3 is 14.9 Å². The van der Waals surface area contributed by atoms with Crippen LogP contribution in [0.5, 0.6) is 0 Å². The summed E-state index contributed by atoms with van der Waals surface area (Å²) in [6.45, 7) is 10.8. The SMILES string of the molecule is CCN(C(=O)N1CCN(C(C)C(=O)O)CC1)C(C)C. The highest BCUT2D eigenvalue weighted by molar-refractivity contribution is 5.75. The highest BCUT2D eigenvalue weighted by Gasteiger charge is 2.29. The lowest BCUT2D eigenvalue weighted by molar-refractivity contribution is -0.143. The zero-order chi connectivity index (χ0) is 14.6. The van der Waals surface area contributed by atoms with Gasteiger partial charge in [-0.25, -0.2) is 4.79 Å². The molecule has 0 bridgehead atoms. The third-order valence-corrected chi connectivity index (χ3v) is 3.70. The Labute approximate surface area is 115 Å². The van der Waals surface area contributed by atoms with E-state index in [2.05, 4.69) is 0 Å². The molecular formula is C13H25N3O3. The predicted octanol–water partition coefficient (Wildman–Crippen LogP) is 0.927. The van der Waals surface area contributed by atoms with Crippen molar-refractivity contribution in [3.05, 3.63) is 0 Å². The Morgan fingerprint density at radius 1 is 1.16 bits per heavy atom. The van der Waals surface area contributed by atoms with Gasteiger partial charge in [0, 0.05) is 38.8 Å². The molecule has 0 aliphatic carbocycles. The van der Waals surface area contributed by atoms with Crippen LogP contribution in [0, 0.1) is 0 Å². The minimum Gasteiger partial charge on any atom is -0.480 e. The number of aliphatic carboxylic acids is 1. The van der Waals surface area contributed by atoms with E-state index in [-0.39, 0.29) is 12.1 Å². The van der Waals surface area contributed by atoms with Crippen molar-refractivity contribution >= 4 is 12.0 Å². The number of amides is 2. The standard InChI is InChI=1S/C13H25N3O3/c1-5-16(10(2)3)13(19)15-8-6-14(7-9-15)11(4)12(17)18/h10-11H,5-9H2,1-4H3,(H,17,18). The summed E-state index contributed by atoms with van der Waals surface area (Å²) in [7, 11) is 0. The summed E-state index contributed by atoms with van der Waals surface area (Å²) in [5.74, 6) is -0.808. The zero-order valence-electron chi connectivity index (χ0n) is 12.3. The molecule has 0 saturated carbocycles. The van der Waals surface area contributed by atoms with Gasteiger partial charge in [0.25, 0.3) is 0 Å². The first-order valence-electron chi connectivity index (χ1n) is 6.90. The Morgan fingerprint density at radius 3 is 2.05 bits per heavy atom. The van der Waals surface area contributed by atoms with Crippen molar-refractivity contribution in [2.45, 2.75) is 39.8 Å². The second-order valence-electron chi connectivity index (χ2n) is 5.20. The lowest BCUT2D eigenvalue weighted by Crippen LogP contribution is -2.56. The van der Waals surface area contributed by atoms with E-state index in [1.165, 1.54) is 0 Å². The number of hydrogen-bond acceptors (Lipinski definition) is 3. The zero-order valence-corrected chi connectivity index (χ0v) is 12.3. The van der Waals surface area contributed by atoms with Gasteiger partial charge in [0.2, 0.25) is 0 Å². The van der Waals surface area contributed by atoms with Gasteiger partial charge in [-0.1, -0.05) is 0 Å². The van der Waals surface area contributed by atoms with Crippen LogP contribution in [-0.4, -0.2) is 76.6 Å². The van der Waals surface area contributed by atoms with Crippen molar-refractivity contribution in [3.8, 4) is 0 Å². The van der Waals surface area contributed by atoms with E-state index in [4.69, 9.17) is 5.11 Å². The molecule has 6 heteroatoms. The van der Waals surface area contributed by atoms with E-state index in [0.29, 0.717) is 32.7 Å². The van der Waals surface area contributed by atoms with Gasteiger partial charge in [-0.2, -0.15) is 0 Å². The molecule has 0 radical (unpaired) electrons. The van der Waals surface area contributed by atoms with Gasteiger partial charge in [0.1, 0.15) is 6.04 Å². The van der Waals surface area contributed by atoms with Crippen LogP contribution in [0.1, 0.15) is 27.7 Å². The minimum absolute atomic E-state index is 0.0557. The summed E-state index contributed by atoms with van der Waals surface area (Å²) in [6.07, 6.45) is 0. The smallest absolute Gasteiger partial charge is 0.320 e. The Balaban J connectivity index is 2.54. The van der Waals surface area contributed by atoms with E-state index in [0.717, 1.165) is 0 Å². The summed E-state index contributed by atoms with van der Waals surface area (Å²) in [5, 5.41) is 8.98. The third kappa shape index (κ3) is 3.83. The summed E-state index contributed by atoms with van der Waals surface area (Å²) in [5.41, 5.74) is 0. The maximum Gasteiger partial charge on any atom is 0.320 e. The molecule has 1 saturated heterocycles.